The molecule has 0 amide bonds. The summed E-state index contributed by atoms with van der Waals surface area (Å²) < 4.78 is 2.02. The number of aromatic nitrogens is 1. The molecule has 13 heavy (non-hydrogen) atoms. The second kappa shape index (κ2) is 3.77. The number of hydrogen-bond donors (Lipinski definition) is 1. The van der Waals surface area contributed by atoms with Crippen LogP contribution in [-0.4, -0.2) is 16.3 Å². The van der Waals surface area contributed by atoms with Crippen molar-refractivity contribution in [3.05, 3.63) is 46.9 Å². The van der Waals surface area contributed by atoms with E-state index in [4.69, 9.17) is 0 Å². The topological polar surface area (TPSA) is 25.2 Å². The predicted octanol–water partition coefficient (Wildman–Crippen LogP) is 2.13. The molecule has 1 atom stereocenters. The standard InChI is InChI=1S/C10H11NOS/c12-8-9(10-4-3-7-13-10)11-5-1-2-6-11/h1-7,9,12H,8H2. The van der Waals surface area contributed by atoms with E-state index >= 15 is 0 Å². The van der Waals surface area contributed by atoms with Crippen molar-refractivity contribution in [2.45, 2.75) is 6.04 Å². The molecule has 0 saturated heterocycles. The smallest absolute Gasteiger partial charge is 0.0902 e. The molecule has 0 bridgehead atoms. The summed E-state index contributed by atoms with van der Waals surface area (Å²) in [7, 11) is 0. The Kier molecular flexibility index (Phi) is 2.47. The molecule has 2 rings (SSSR count). The maximum atomic E-state index is 9.26. The van der Waals surface area contributed by atoms with Crippen LogP contribution in [0.4, 0.5) is 0 Å². The first-order valence-electron chi connectivity index (χ1n) is 4.18. The van der Waals surface area contributed by atoms with Crippen molar-refractivity contribution in [3.8, 4) is 0 Å². The van der Waals surface area contributed by atoms with Crippen LogP contribution in [-0.2, 0) is 0 Å². The molecule has 0 saturated carbocycles. The molecule has 0 radical (unpaired) electrons. The van der Waals surface area contributed by atoms with Gasteiger partial charge in [0, 0.05) is 17.3 Å². The maximum absolute atomic E-state index is 9.26. The Morgan fingerprint density at radius 2 is 2.08 bits per heavy atom. The second-order valence-electron chi connectivity index (χ2n) is 2.84. The average Bonchev–Trinajstić information content (AvgIpc) is 2.76. The molecule has 3 heteroatoms. The van der Waals surface area contributed by atoms with Gasteiger partial charge < -0.3 is 9.67 Å². The summed E-state index contributed by atoms with van der Waals surface area (Å²) >= 11 is 1.67. The van der Waals surface area contributed by atoms with Crippen LogP contribution >= 0.6 is 11.3 Å². The van der Waals surface area contributed by atoms with Gasteiger partial charge in [0.05, 0.1) is 12.6 Å². The van der Waals surface area contributed by atoms with Gasteiger partial charge in [0.1, 0.15) is 0 Å². The van der Waals surface area contributed by atoms with Crippen molar-refractivity contribution in [2.75, 3.05) is 6.61 Å². The van der Waals surface area contributed by atoms with E-state index in [9.17, 15) is 5.11 Å². The Balaban J connectivity index is 2.29. The molecular formula is C10H11NOS. The van der Waals surface area contributed by atoms with Crippen molar-refractivity contribution < 1.29 is 5.11 Å². The minimum Gasteiger partial charge on any atom is -0.394 e. The molecule has 0 aliphatic rings. The number of aliphatic hydroxyl groups is 1. The molecule has 0 aromatic carbocycles. The fourth-order valence-corrected chi connectivity index (χ4v) is 2.19. The number of aliphatic hydroxyl groups excluding tert-OH is 1. The first-order valence-corrected chi connectivity index (χ1v) is 5.06. The molecule has 68 valence electrons. The minimum absolute atomic E-state index is 0.0787. The van der Waals surface area contributed by atoms with Gasteiger partial charge in [-0.15, -0.1) is 11.3 Å². The Morgan fingerprint density at radius 3 is 2.62 bits per heavy atom. The molecule has 0 aliphatic heterocycles. The summed E-state index contributed by atoms with van der Waals surface area (Å²) in [6.07, 6.45) is 3.95. The van der Waals surface area contributed by atoms with Crippen LogP contribution < -0.4 is 0 Å². The fourth-order valence-electron chi connectivity index (χ4n) is 1.37. The van der Waals surface area contributed by atoms with Gasteiger partial charge in [-0.2, -0.15) is 0 Å². The summed E-state index contributed by atoms with van der Waals surface area (Å²) in [6, 6.07) is 8.07. The van der Waals surface area contributed by atoms with E-state index in [1.54, 1.807) is 11.3 Å². The first kappa shape index (κ1) is 8.53. The highest BCUT2D eigenvalue weighted by atomic mass is 32.1. The molecule has 2 aromatic rings. The molecule has 0 spiro atoms. The lowest BCUT2D eigenvalue weighted by molar-refractivity contribution is 0.251. The molecule has 0 fully saturated rings. The van der Waals surface area contributed by atoms with E-state index in [2.05, 4.69) is 0 Å². The molecule has 0 aliphatic carbocycles. The van der Waals surface area contributed by atoms with Gasteiger partial charge in [-0.05, 0) is 23.6 Å². The zero-order chi connectivity index (χ0) is 9.10. The van der Waals surface area contributed by atoms with Gasteiger partial charge in [0.15, 0.2) is 0 Å². The van der Waals surface area contributed by atoms with E-state index in [1.165, 1.54) is 4.88 Å². The Morgan fingerprint density at radius 1 is 1.31 bits per heavy atom. The molecule has 2 aromatic heterocycles. The van der Waals surface area contributed by atoms with E-state index in [0.29, 0.717) is 0 Å². The van der Waals surface area contributed by atoms with Crippen LogP contribution in [0.3, 0.4) is 0 Å². The fraction of sp³-hybridized carbons (Fsp3) is 0.200. The van der Waals surface area contributed by atoms with Crippen LogP contribution in [0.25, 0.3) is 0 Å². The second-order valence-corrected chi connectivity index (χ2v) is 3.82. The van der Waals surface area contributed by atoms with Crippen LogP contribution in [0.2, 0.25) is 0 Å². The third-order valence-corrected chi connectivity index (χ3v) is 3.01. The number of thiophene rings is 1. The lowest BCUT2D eigenvalue weighted by Gasteiger charge is -2.13. The molecular weight excluding hydrogens is 182 g/mol. The van der Waals surface area contributed by atoms with Gasteiger partial charge >= 0.3 is 0 Å². The molecule has 2 heterocycles. The summed E-state index contributed by atoms with van der Waals surface area (Å²) in [4.78, 5) is 1.19. The minimum atomic E-state index is 0.0787. The molecule has 2 nitrogen and oxygen atoms in total. The van der Waals surface area contributed by atoms with E-state index in [1.807, 2.05) is 46.6 Å². The normalized spacial score (nSPS) is 13.0. The third-order valence-electron chi connectivity index (χ3n) is 2.03. The lowest BCUT2D eigenvalue weighted by Crippen LogP contribution is -2.11. The number of hydrogen-bond acceptors (Lipinski definition) is 2. The summed E-state index contributed by atoms with van der Waals surface area (Å²) in [5.41, 5.74) is 0. The molecule has 1 unspecified atom stereocenters. The van der Waals surface area contributed by atoms with Gasteiger partial charge in [-0.25, -0.2) is 0 Å². The van der Waals surface area contributed by atoms with Crippen molar-refractivity contribution in [1.82, 2.24) is 4.57 Å². The van der Waals surface area contributed by atoms with Crippen molar-refractivity contribution in [1.29, 1.82) is 0 Å². The monoisotopic (exact) mass is 193 g/mol. The highest BCUT2D eigenvalue weighted by molar-refractivity contribution is 7.10. The predicted molar refractivity (Wildman–Crippen MR) is 54.0 cm³/mol. The first-order chi connectivity index (χ1) is 6.42. The molecule has 1 N–H and O–H groups in total. The highest BCUT2D eigenvalue weighted by Crippen LogP contribution is 2.22. The Hall–Kier alpha value is -1.06. The average molecular weight is 193 g/mol. The zero-order valence-corrected chi connectivity index (χ0v) is 7.95. The Labute approximate surface area is 81.1 Å². The van der Waals surface area contributed by atoms with Crippen molar-refractivity contribution >= 4 is 11.3 Å². The lowest BCUT2D eigenvalue weighted by atomic mass is 10.2. The number of rotatable bonds is 3. The summed E-state index contributed by atoms with van der Waals surface area (Å²) in [5.74, 6) is 0. The third kappa shape index (κ3) is 1.66. The quantitative estimate of drug-likeness (QED) is 0.793. The van der Waals surface area contributed by atoms with Crippen LogP contribution in [0, 0.1) is 0 Å². The summed E-state index contributed by atoms with van der Waals surface area (Å²) in [5, 5.41) is 11.3. The van der Waals surface area contributed by atoms with Crippen molar-refractivity contribution in [3.63, 3.8) is 0 Å². The maximum Gasteiger partial charge on any atom is 0.0902 e. The van der Waals surface area contributed by atoms with Crippen LogP contribution in [0.1, 0.15) is 10.9 Å². The van der Waals surface area contributed by atoms with Crippen LogP contribution in [0.15, 0.2) is 42.0 Å². The largest absolute Gasteiger partial charge is 0.394 e. The highest BCUT2D eigenvalue weighted by Gasteiger charge is 2.11. The van der Waals surface area contributed by atoms with Gasteiger partial charge in [-0.3, -0.25) is 0 Å². The zero-order valence-electron chi connectivity index (χ0n) is 7.13. The SMILES string of the molecule is OCC(c1cccs1)n1cccc1. The van der Waals surface area contributed by atoms with Gasteiger partial charge in [0.2, 0.25) is 0 Å². The summed E-state index contributed by atoms with van der Waals surface area (Å²) in [6.45, 7) is 0.148. The Bertz CT molecular complexity index is 305. The number of nitrogens with zero attached hydrogens (tertiary/aromatic N) is 1. The van der Waals surface area contributed by atoms with E-state index < -0.39 is 0 Å². The van der Waals surface area contributed by atoms with Crippen molar-refractivity contribution in [2.24, 2.45) is 0 Å². The van der Waals surface area contributed by atoms with Gasteiger partial charge in [-0.1, -0.05) is 6.07 Å². The van der Waals surface area contributed by atoms with Crippen LogP contribution in [0.5, 0.6) is 0 Å². The van der Waals surface area contributed by atoms with E-state index in [-0.39, 0.29) is 12.6 Å². The van der Waals surface area contributed by atoms with E-state index in [0.717, 1.165) is 0 Å². The van der Waals surface area contributed by atoms with Gasteiger partial charge in [0.25, 0.3) is 0 Å².